The van der Waals surface area contributed by atoms with Crippen molar-refractivity contribution in [2.75, 3.05) is 0 Å². The first-order chi connectivity index (χ1) is 18.5. The molecule has 0 N–H and O–H groups in total. The van der Waals surface area contributed by atoms with Crippen LogP contribution in [0.3, 0.4) is 0 Å². The number of hydrogen-bond donors (Lipinski definition) is 0. The van der Waals surface area contributed by atoms with Gasteiger partial charge in [-0.3, -0.25) is 4.79 Å². The van der Waals surface area contributed by atoms with Crippen molar-refractivity contribution in [2.45, 2.75) is 86.5 Å². The number of allylic oxidation sites excluding steroid dienone is 4. The summed E-state index contributed by atoms with van der Waals surface area (Å²) in [5, 5.41) is 4.06. The van der Waals surface area contributed by atoms with Gasteiger partial charge >= 0.3 is 0 Å². The second kappa shape index (κ2) is 18.5. The third-order valence-corrected chi connectivity index (χ3v) is 6.51. The molecule has 214 valence electrons. The zero-order chi connectivity index (χ0) is 29.4. The van der Waals surface area contributed by atoms with E-state index >= 15 is 0 Å². The highest BCUT2D eigenvalue weighted by Crippen LogP contribution is 2.35. The maximum Gasteiger partial charge on any atom is 0.135 e. The van der Waals surface area contributed by atoms with E-state index < -0.39 is 11.6 Å². The summed E-state index contributed by atoms with van der Waals surface area (Å²) in [4.78, 5) is 15.7. The summed E-state index contributed by atoms with van der Waals surface area (Å²) in [5.74, 6) is 0.536. The summed E-state index contributed by atoms with van der Waals surface area (Å²) in [6, 6.07) is 9.43. The number of halogens is 3. The average Bonchev–Trinajstić information content (AvgIpc) is 2.88. The molecule has 0 aromatic heterocycles. The molecule has 6 heteroatoms. The van der Waals surface area contributed by atoms with E-state index in [0.29, 0.717) is 5.92 Å². The van der Waals surface area contributed by atoms with Crippen molar-refractivity contribution in [2.24, 2.45) is 17.0 Å². The molecule has 0 aliphatic carbocycles. The molecule has 3 nitrogen and oxygen atoms in total. The predicted molar refractivity (Wildman–Crippen MR) is 161 cm³/mol. The van der Waals surface area contributed by atoms with Gasteiger partial charge in [0.25, 0.3) is 0 Å². The molecular weight excluding hydrogens is 516 g/mol. The Morgan fingerprint density at radius 2 is 1.79 bits per heavy atom. The highest BCUT2D eigenvalue weighted by atomic mass is 35.5. The standard InChI is InChI=1S/C20H31Cl.C13H13F2NO2/c1-6-8-17(12-10-15(3)4)19(9-7-2)20-14-18(21)13-11-16(20)5;1-9(17)3-5-12(18-16-2)8-10-7-11(14)4-6-13(10)15/h9,11,13-15,17H,6-8,10,12H2,1-5H3;4-7H,2-3,8H2,1H3/b19-9-;12-5-. The van der Waals surface area contributed by atoms with Gasteiger partial charge < -0.3 is 4.84 Å². The summed E-state index contributed by atoms with van der Waals surface area (Å²) < 4.78 is 26.4. The normalized spacial score (nSPS) is 12.6. The van der Waals surface area contributed by atoms with Gasteiger partial charge in [-0.25, -0.2) is 8.78 Å². The fourth-order valence-electron chi connectivity index (χ4n) is 4.31. The van der Waals surface area contributed by atoms with E-state index in [-0.39, 0.29) is 29.9 Å². The van der Waals surface area contributed by atoms with E-state index in [2.05, 4.69) is 64.7 Å². The molecule has 39 heavy (non-hydrogen) atoms. The number of rotatable bonds is 14. The third-order valence-electron chi connectivity index (χ3n) is 6.28. The molecule has 0 bridgehead atoms. The number of hydrogen-bond acceptors (Lipinski definition) is 3. The number of ketones is 1. The molecule has 2 aromatic carbocycles. The van der Waals surface area contributed by atoms with Crippen LogP contribution in [0.5, 0.6) is 0 Å². The smallest absolute Gasteiger partial charge is 0.135 e. The van der Waals surface area contributed by atoms with Crippen molar-refractivity contribution >= 4 is 29.7 Å². The molecule has 2 aromatic rings. The number of carbonyl (C=O) groups is 1. The summed E-state index contributed by atoms with van der Waals surface area (Å²) in [5.41, 5.74) is 4.34. The second-order valence-electron chi connectivity index (χ2n) is 10.2. The minimum Gasteiger partial charge on any atom is -0.362 e. The van der Waals surface area contributed by atoms with E-state index in [1.165, 1.54) is 55.4 Å². The van der Waals surface area contributed by atoms with Crippen LogP contribution in [-0.4, -0.2) is 12.5 Å². The monoisotopic (exact) mass is 559 g/mol. The van der Waals surface area contributed by atoms with Gasteiger partial charge in [0, 0.05) is 24.6 Å². The van der Waals surface area contributed by atoms with Gasteiger partial charge in [0.1, 0.15) is 23.2 Å². The summed E-state index contributed by atoms with van der Waals surface area (Å²) in [6.07, 6.45) is 10.2. The SMILES string of the molecule is C=NO/C(=C\CC(C)=O)Cc1cc(F)ccc1F.CC/C=C(\c1cc(Cl)ccc1C)C(CCC)CCC(C)C. The molecule has 0 heterocycles. The van der Waals surface area contributed by atoms with Crippen molar-refractivity contribution in [3.63, 3.8) is 0 Å². The minimum atomic E-state index is -0.544. The first-order valence-corrected chi connectivity index (χ1v) is 14.1. The zero-order valence-corrected chi connectivity index (χ0v) is 25.1. The Kier molecular flexibility index (Phi) is 16.2. The molecule has 0 saturated heterocycles. The van der Waals surface area contributed by atoms with Crippen LogP contribution in [0.15, 0.2) is 59.5 Å². The van der Waals surface area contributed by atoms with Gasteiger partial charge in [-0.15, -0.1) is 0 Å². The van der Waals surface area contributed by atoms with Crippen LogP contribution in [0.4, 0.5) is 8.78 Å². The zero-order valence-electron chi connectivity index (χ0n) is 24.3. The molecule has 0 fully saturated rings. The molecule has 0 amide bonds. The number of carbonyl (C=O) groups excluding carboxylic acids is 1. The summed E-state index contributed by atoms with van der Waals surface area (Å²) in [6.45, 7) is 15.9. The van der Waals surface area contributed by atoms with Crippen LogP contribution < -0.4 is 0 Å². The quantitative estimate of drug-likeness (QED) is 0.131. The summed E-state index contributed by atoms with van der Waals surface area (Å²) in [7, 11) is 0. The molecule has 1 unspecified atom stereocenters. The Bertz CT molecular complexity index is 1120. The van der Waals surface area contributed by atoms with Crippen LogP contribution in [0.2, 0.25) is 5.02 Å². The van der Waals surface area contributed by atoms with Crippen LogP contribution in [0, 0.1) is 30.4 Å². The van der Waals surface area contributed by atoms with Gasteiger partial charge in [-0.2, -0.15) is 0 Å². The lowest BCUT2D eigenvalue weighted by atomic mass is 9.82. The van der Waals surface area contributed by atoms with Gasteiger partial charge in [0.2, 0.25) is 0 Å². The van der Waals surface area contributed by atoms with Crippen LogP contribution in [0.1, 0.15) is 89.8 Å². The third kappa shape index (κ3) is 13.2. The molecule has 0 aliphatic heterocycles. The van der Waals surface area contributed by atoms with E-state index in [1.807, 2.05) is 6.07 Å². The van der Waals surface area contributed by atoms with Gasteiger partial charge in [-0.05, 0) is 104 Å². The average molecular weight is 560 g/mol. The van der Waals surface area contributed by atoms with Crippen LogP contribution >= 0.6 is 11.6 Å². The molecule has 0 saturated carbocycles. The van der Waals surface area contributed by atoms with Crippen molar-refractivity contribution < 1.29 is 18.4 Å². The number of oxime groups is 1. The summed E-state index contributed by atoms with van der Waals surface area (Å²) >= 11 is 6.24. The lowest BCUT2D eigenvalue weighted by Gasteiger charge is -2.23. The molecule has 0 radical (unpaired) electrons. The Morgan fingerprint density at radius 1 is 1.08 bits per heavy atom. The lowest BCUT2D eigenvalue weighted by molar-refractivity contribution is -0.116. The van der Waals surface area contributed by atoms with E-state index in [1.54, 1.807) is 0 Å². The maximum absolute atomic E-state index is 13.4. The Labute approximate surface area is 239 Å². The predicted octanol–water partition coefficient (Wildman–Crippen LogP) is 10.3. The molecule has 1 atom stereocenters. The number of Topliss-reactive ketones (excluding diaryl/α,β-unsaturated/α-hetero) is 1. The Balaban J connectivity index is 0.000000395. The first kappa shape index (κ1) is 34.2. The van der Waals surface area contributed by atoms with Gasteiger partial charge in [0.05, 0.1) is 0 Å². The number of nitrogens with zero attached hydrogens (tertiary/aromatic N) is 1. The second-order valence-corrected chi connectivity index (χ2v) is 10.6. The van der Waals surface area contributed by atoms with Crippen LogP contribution in [0.25, 0.3) is 5.57 Å². The first-order valence-electron chi connectivity index (χ1n) is 13.7. The molecule has 2 rings (SSSR count). The molecular formula is C33H44ClF2NO2. The van der Waals surface area contributed by atoms with Gasteiger partial charge in [-0.1, -0.05) is 69.4 Å². The highest BCUT2D eigenvalue weighted by molar-refractivity contribution is 6.30. The molecule has 0 spiro atoms. The van der Waals surface area contributed by atoms with Crippen molar-refractivity contribution in [3.8, 4) is 0 Å². The topological polar surface area (TPSA) is 38.7 Å². The fraction of sp³-hybridized carbons (Fsp3) is 0.455. The van der Waals surface area contributed by atoms with Crippen molar-refractivity contribution in [1.29, 1.82) is 0 Å². The maximum atomic E-state index is 13.4. The van der Waals surface area contributed by atoms with E-state index in [0.717, 1.165) is 35.6 Å². The van der Waals surface area contributed by atoms with E-state index in [4.69, 9.17) is 16.4 Å². The molecule has 0 aliphatic rings. The van der Waals surface area contributed by atoms with Gasteiger partial charge in [0.15, 0.2) is 0 Å². The largest absolute Gasteiger partial charge is 0.362 e. The van der Waals surface area contributed by atoms with Crippen molar-refractivity contribution in [3.05, 3.63) is 87.7 Å². The number of benzene rings is 2. The lowest BCUT2D eigenvalue weighted by Crippen LogP contribution is -2.07. The van der Waals surface area contributed by atoms with Crippen LogP contribution in [-0.2, 0) is 16.1 Å². The minimum absolute atomic E-state index is 0.00981. The number of aryl methyl sites for hydroxylation is 1. The Hall–Kier alpha value is -2.79. The van der Waals surface area contributed by atoms with E-state index in [9.17, 15) is 13.6 Å². The van der Waals surface area contributed by atoms with Crippen molar-refractivity contribution in [1.82, 2.24) is 0 Å². The Morgan fingerprint density at radius 3 is 2.38 bits per heavy atom. The fourth-order valence-corrected chi connectivity index (χ4v) is 4.48. The highest BCUT2D eigenvalue weighted by Gasteiger charge is 2.17.